The molecule has 0 radical (unpaired) electrons. The molecule has 2 atom stereocenters. The summed E-state index contributed by atoms with van der Waals surface area (Å²) in [5.74, 6) is -0.0305. The summed E-state index contributed by atoms with van der Waals surface area (Å²) in [6.45, 7) is 5.71. The van der Waals surface area contributed by atoms with Gasteiger partial charge in [0.15, 0.2) is 0 Å². The van der Waals surface area contributed by atoms with E-state index in [0.29, 0.717) is 23.7 Å². The molecule has 2 amide bonds. The van der Waals surface area contributed by atoms with Gasteiger partial charge in [0.2, 0.25) is 5.91 Å². The van der Waals surface area contributed by atoms with Gasteiger partial charge in [-0.05, 0) is 62.7 Å². The van der Waals surface area contributed by atoms with Crippen LogP contribution >= 0.6 is 11.6 Å². The zero-order valence-electron chi connectivity index (χ0n) is 16.1. The number of carbonyl (C=O) groups excluding carboxylic acids is 1. The van der Waals surface area contributed by atoms with E-state index in [4.69, 9.17) is 11.6 Å². The summed E-state index contributed by atoms with van der Waals surface area (Å²) in [6, 6.07) is 12.9. The molecule has 6 nitrogen and oxygen atoms in total. The Morgan fingerprint density at radius 1 is 1.25 bits per heavy atom. The molecule has 1 aliphatic heterocycles. The second kappa shape index (κ2) is 8.10. The summed E-state index contributed by atoms with van der Waals surface area (Å²) in [5, 5.41) is 13.6. The highest BCUT2D eigenvalue weighted by molar-refractivity contribution is 6.30. The van der Waals surface area contributed by atoms with E-state index < -0.39 is 6.09 Å². The Kier molecular flexibility index (Phi) is 5.79. The fourth-order valence-corrected chi connectivity index (χ4v) is 3.94. The van der Waals surface area contributed by atoms with Gasteiger partial charge in [0.1, 0.15) is 0 Å². The van der Waals surface area contributed by atoms with Gasteiger partial charge in [-0.2, -0.15) is 0 Å². The number of halogens is 1. The highest BCUT2D eigenvalue weighted by Crippen LogP contribution is 2.41. The number of hydrogen-bond acceptors (Lipinski definition) is 3. The van der Waals surface area contributed by atoms with E-state index in [2.05, 4.69) is 5.32 Å². The van der Waals surface area contributed by atoms with Crippen LogP contribution in [0.25, 0.3) is 0 Å². The monoisotopic (exact) mass is 401 g/mol. The lowest BCUT2D eigenvalue weighted by Crippen LogP contribution is -2.43. The standard InChI is InChI=1S/C21H24ClN3O3/c1-4-24(21(27)28)17-9-10-20-18(12-17)19(11-13(2)25(20)14(3)26)23-16-7-5-15(22)6-8-16/h5-10,12-13,19,23H,4,11H2,1-3H3,(H,27,28). The van der Waals surface area contributed by atoms with Crippen molar-refractivity contribution < 1.29 is 14.7 Å². The SMILES string of the molecule is CCN(C(=O)O)c1ccc2c(c1)C(Nc1ccc(Cl)cc1)CC(C)N2C(C)=O. The van der Waals surface area contributed by atoms with E-state index in [1.165, 1.54) is 4.90 Å². The van der Waals surface area contributed by atoms with Gasteiger partial charge in [-0.3, -0.25) is 9.69 Å². The largest absolute Gasteiger partial charge is 0.465 e. The minimum absolute atomic E-state index is 0.0161. The van der Waals surface area contributed by atoms with Crippen LogP contribution in [0.2, 0.25) is 5.02 Å². The minimum atomic E-state index is -1.00. The number of carbonyl (C=O) groups is 2. The summed E-state index contributed by atoms with van der Waals surface area (Å²) in [4.78, 5) is 26.9. The molecule has 7 heteroatoms. The Bertz CT molecular complexity index is 885. The van der Waals surface area contributed by atoms with Crippen LogP contribution in [0.5, 0.6) is 0 Å². The zero-order chi connectivity index (χ0) is 20.4. The molecule has 1 heterocycles. The van der Waals surface area contributed by atoms with E-state index >= 15 is 0 Å². The highest BCUT2D eigenvalue weighted by atomic mass is 35.5. The molecule has 0 saturated carbocycles. The zero-order valence-corrected chi connectivity index (χ0v) is 16.9. The van der Waals surface area contributed by atoms with Crippen molar-refractivity contribution in [3.63, 3.8) is 0 Å². The van der Waals surface area contributed by atoms with Crippen LogP contribution in [-0.4, -0.2) is 29.7 Å². The van der Waals surface area contributed by atoms with Crippen LogP contribution in [-0.2, 0) is 4.79 Å². The number of nitrogens with zero attached hydrogens (tertiary/aromatic N) is 2. The van der Waals surface area contributed by atoms with Crippen molar-refractivity contribution in [1.29, 1.82) is 0 Å². The summed E-state index contributed by atoms with van der Waals surface area (Å²) in [5.41, 5.74) is 3.22. The Morgan fingerprint density at radius 2 is 1.93 bits per heavy atom. The average molecular weight is 402 g/mol. The number of hydrogen-bond donors (Lipinski definition) is 2. The maximum Gasteiger partial charge on any atom is 0.411 e. The van der Waals surface area contributed by atoms with Gasteiger partial charge in [0.25, 0.3) is 0 Å². The molecule has 1 aliphatic rings. The van der Waals surface area contributed by atoms with Crippen molar-refractivity contribution in [1.82, 2.24) is 0 Å². The first-order valence-electron chi connectivity index (χ1n) is 9.28. The van der Waals surface area contributed by atoms with Crippen molar-refractivity contribution in [2.24, 2.45) is 0 Å². The second-order valence-electron chi connectivity index (χ2n) is 6.95. The molecule has 28 heavy (non-hydrogen) atoms. The summed E-state index contributed by atoms with van der Waals surface area (Å²) < 4.78 is 0. The highest BCUT2D eigenvalue weighted by Gasteiger charge is 2.33. The number of amides is 2. The summed E-state index contributed by atoms with van der Waals surface area (Å²) >= 11 is 5.98. The van der Waals surface area contributed by atoms with Gasteiger partial charge in [-0.1, -0.05) is 11.6 Å². The number of carboxylic acid groups (broad SMARTS) is 1. The third-order valence-electron chi connectivity index (χ3n) is 5.05. The molecule has 2 aromatic rings. The van der Waals surface area contributed by atoms with Gasteiger partial charge >= 0.3 is 6.09 Å². The van der Waals surface area contributed by atoms with E-state index in [0.717, 1.165) is 16.9 Å². The topological polar surface area (TPSA) is 72.9 Å². The Hall–Kier alpha value is -2.73. The number of fused-ring (bicyclic) bond motifs is 1. The third kappa shape index (κ3) is 3.92. The quantitative estimate of drug-likeness (QED) is 0.743. The molecule has 2 aromatic carbocycles. The van der Waals surface area contributed by atoms with Gasteiger partial charge in [-0.15, -0.1) is 0 Å². The van der Waals surface area contributed by atoms with Crippen molar-refractivity contribution in [2.75, 3.05) is 21.7 Å². The third-order valence-corrected chi connectivity index (χ3v) is 5.30. The fourth-order valence-electron chi connectivity index (χ4n) is 3.81. The summed E-state index contributed by atoms with van der Waals surface area (Å²) in [6.07, 6.45) is -0.296. The molecular weight excluding hydrogens is 378 g/mol. The van der Waals surface area contributed by atoms with Crippen LogP contribution in [0.4, 0.5) is 21.9 Å². The Labute approximate surface area is 169 Å². The molecule has 0 bridgehead atoms. The minimum Gasteiger partial charge on any atom is -0.465 e. The van der Waals surface area contributed by atoms with Crippen LogP contribution in [0.1, 0.15) is 38.8 Å². The molecule has 0 aliphatic carbocycles. The molecule has 2 unspecified atom stereocenters. The van der Waals surface area contributed by atoms with E-state index in [1.54, 1.807) is 24.8 Å². The first-order chi connectivity index (χ1) is 13.3. The molecule has 3 rings (SSSR count). The van der Waals surface area contributed by atoms with Crippen LogP contribution in [0, 0.1) is 0 Å². The number of rotatable bonds is 4. The molecule has 0 fully saturated rings. The lowest BCUT2D eigenvalue weighted by Gasteiger charge is -2.40. The lowest BCUT2D eigenvalue weighted by molar-refractivity contribution is -0.117. The summed E-state index contributed by atoms with van der Waals surface area (Å²) in [7, 11) is 0. The van der Waals surface area contributed by atoms with Crippen molar-refractivity contribution in [3.05, 3.63) is 53.1 Å². The van der Waals surface area contributed by atoms with Gasteiger partial charge < -0.3 is 15.3 Å². The molecular formula is C21H24ClN3O3. The number of nitrogens with one attached hydrogen (secondary N) is 1. The number of benzene rings is 2. The Morgan fingerprint density at radius 3 is 2.50 bits per heavy atom. The predicted molar refractivity (Wildman–Crippen MR) is 113 cm³/mol. The Balaban J connectivity index is 2.05. The maximum absolute atomic E-state index is 12.2. The smallest absolute Gasteiger partial charge is 0.411 e. The van der Waals surface area contributed by atoms with Crippen LogP contribution < -0.4 is 15.1 Å². The predicted octanol–water partition coefficient (Wildman–Crippen LogP) is 5.14. The van der Waals surface area contributed by atoms with Gasteiger partial charge in [0.05, 0.1) is 6.04 Å². The van der Waals surface area contributed by atoms with E-state index in [9.17, 15) is 14.7 Å². The van der Waals surface area contributed by atoms with Gasteiger partial charge in [0, 0.05) is 47.2 Å². The van der Waals surface area contributed by atoms with Crippen LogP contribution in [0.15, 0.2) is 42.5 Å². The first-order valence-corrected chi connectivity index (χ1v) is 9.66. The maximum atomic E-state index is 12.2. The molecule has 0 saturated heterocycles. The van der Waals surface area contributed by atoms with Crippen molar-refractivity contribution >= 4 is 40.7 Å². The second-order valence-corrected chi connectivity index (χ2v) is 7.38. The molecule has 0 spiro atoms. The van der Waals surface area contributed by atoms with E-state index in [1.807, 2.05) is 43.3 Å². The lowest BCUT2D eigenvalue weighted by atomic mass is 9.90. The molecule has 0 aromatic heterocycles. The fraction of sp³-hybridized carbons (Fsp3) is 0.333. The van der Waals surface area contributed by atoms with Crippen LogP contribution in [0.3, 0.4) is 0 Å². The van der Waals surface area contributed by atoms with Gasteiger partial charge in [-0.25, -0.2) is 4.79 Å². The number of anilines is 3. The van der Waals surface area contributed by atoms with Crippen molar-refractivity contribution in [3.8, 4) is 0 Å². The average Bonchev–Trinajstić information content (AvgIpc) is 2.63. The normalized spacial score (nSPS) is 18.4. The van der Waals surface area contributed by atoms with Crippen molar-refractivity contribution in [2.45, 2.75) is 39.3 Å². The first kappa shape index (κ1) is 20.0. The van der Waals surface area contributed by atoms with E-state index in [-0.39, 0.29) is 18.0 Å². The molecule has 2 N–H and O–H groups in total. The molecule has 148 valence electrons.